The molecule has 0 unspecified atom stereocenters. The number of thiazole rings is 1. The van der Waals surface area contributed by atoms with Gasteiger partial charge >= 0.3 is 5.97 Å². The molecule has 0 bridgehead atoms. The Morgan fingerprint density at radius 3 is 2.87 bits per heavy atom. The molecule has 2 aromatic carbocycles. The van der Waals surface area contributed by atoms with Gasteiger partial charge in [0, 0.05) is 5.38 Å². The molecule has 3 aromatic rings. The Hall–Kier alpha value is -3.39. The van der Waals surface area contributed by atoms with Crippen LogP contribution in [0.15, 0.2) is 59.0 Å². The Labute approximate surface area is 179 Å². The van der Waals surface area contributed by atoms with Crippen LogP contribution in [-0.4, -0.2) is 30.9 Å². The van der Waals surface area contributed by atoms with E-state index in [-0.39, 0.29) is 12.4 Å². The minimum absolute atomic E-state index is 0.155. The molecule has 8 heteroatoms. The Kier molecular flexibility index (Phi) is 7.79. The van der Waals surface area contributed by atoms with Gasteiger partial charge in [-0.3, -0.25) is 10.2 Å². The highest BCUT2D eigenvalue weighted by molar-refractivity contribution is 7.13. The number of ether oxygens (including phenoxy) is 3. The maximum atomic E-state index is 11.5. The molecule has 0 aliphatic rings. The summed E-state index contributed by atoms with van der Waals surface area (Å²) in [5, 5.41) is 6.62. The van der Waals surface area contributed by atoms with E-state index in [2.05, 4.69) is 15.5 Å². The summed E-state index contributed by atoms with van der Waals surface area (Å²) in [6.07, 6.45) is 1.84. The maximum Gasteiger partial charge on any atom is 0.311 e. The third-order valence-corrected chi connectivity index (χ3v) is 4.75. The zero-order valence-corrected chi connectivity index (χ0v) is 17.6. The molecule has 30 heavy (non-hydrogen) atoms. The predicted molar refractivity (Wildman–Crippen MR) is 117 cm³/mol. The lowest BCUT2D eigenvalue weighted by Crippen LogP contribution is -2.07. The molecule has 3 rings (SSSR count). The number of hydrogen-bond acceptors (Lipinski definition) is 8. The molecule has 0 radical (unpaired) electrons. The molecule has 0 atom stereocenters. The van der Waals surface area contributed by atoms with Crippen LogP contribution in [0.5, 0.6) is 11.5 Å². The van der Waals surface area contributed by atoms with Crippen molar-refractivity contribution in [3.05, 3.63) is 70.7 Å². The highest BCUT2D eigenvalue weighted by atomic mass is 32.1. The SMILES string of the molecule is CCOC(=O)Cc1csc(NN=Cc2cccc(OCc3cccc(OC)c3)c2)n1. The number of aromatic nitrogens is 1. The number of hydrogen-bond donors (Lipinski definition) is 1. The molecule has 1 aromatic heterocycles. The topological polar surface area (TPSA) is 82.0 Å². The van der Waals surface area contributed by atoms with E-state index in [0.29, 0.717) is 24.0 Å². The smallest absolute Gasteiger partial charge is 0.311 e. The van der Waals surface area contributed by atoms with Gasteiger partial charge < -0.3 is 14.2 Å². The molecule has 0 saturated heterocycles. The third kappa shape index (κ3) is 6.59. The molecule has 7 nitrogen and oxygen atoms in total. The first-order valence-corrected chi connectivity index (χ1v) is 10.3. The van der Waals surface area contributed by atoms with Crippen LogP contribution >= 0.6 is 11.3 Å². The van der Waals surface area contributed by atoms with Crippen molar-refractivity contribution >= 4 is 28.7 Å². The highest BCUT2D eigenvalue weighted by Crippen LogP contribution is 2.18. The largest absolute Gasteiger partial charge is 0.497 e. The molecule has 0 aliphatic carbocycles. The van der Waals surface area contributed by atoms with Crippen molar-refractivity contribution in [3.8, 4) is 11.5 Å². The highest BCUT2D eigenvalue weighted by Gasteiger charge is 2.08. The number of nitrogens with one attached hydrogen (secondary N) is 1. The molecular formula is C22H23N3O4S. The third-order valence-electron chi connectivity index (χ3n) is 3.95. The summed E-state index contributed by atoms with van der Waals surface area (Å²) in [5.74, 6) is 1.26. The second-order valence-electron chi connectivity index (χ2n) is 6.21. The van der Waals surface area contributed by atoms with Crippen molar-refractivity contribution in [2.45, 2.75) is 20.0 Å². The Bertz CT molecular complexity index is 1000. The van der Waals surface area contributed by atoms with Crippen LogP contribution in [0, 0.1) is 0 Å². The summed E-state index contributed by atoms with van der Waals surface area (Å²) in [6.45, 7) is 2.58. The van der Waals surface area contributed by atoms with E-state index in [1.54, 1.807) is 20.2 Å². The van der Waals surface area contributed by atoms with E-state index in [1.165, 1.54) is 11.3 Å². The second kappa shape index (κ2) is 11.0. The van der Waals surface area contributed by atoms with E-state index >= 15 is 0 Å². The zero-order chi connectivity index (χ0) is 21.2. The Balaban J connectivity index is 1.52. The van der Waals surface area contributed by atoms with E-state index in [1.807, 2.05) is 53.9 Å². The summed E-state index contributed by atoms with van der Waals surface area (Å²) < 4.78 is 16.0. The van der Waals surface area contributed by atoms with Gasteiger partial charge in [-0.25, -0.2) is 4.98 Å². The number of carbonyl (C=O) groups is 1. The molecule has 0 amide bonds. The lowest BCUT2D eigenvalue weighted by atomic mass is 10.2. The van der Waals surface area contributed by atoms with Crippen molar-refractivity contribution in [1.82, 2.24) is 4.98 Å². The minimum Gasteiger partial charge on any atom is -0.497 e. The fraction of sp³-hybridized carbons (Fsp3) is 0.227. The number of carbonyl (C=O) groups excluding carboxylic acids is 1. The van der Waals surface area contributed by atoms with E-state index < -0.39 is 0 Å². The van der Waals surface area contributed by atoms with Gasteiger partial charge in [0.2, 0.25) is 5.13 Å². The first-order chi connectivity index (χ1) is 14.7. The first kappa shape index (κ1) is 21.3. The zero-order valence-electron chi connectivity index (χ0n) is 16.8. The number of benzene rings is 2. The molecule has 1 N–H and O–H groups in total. The van der Waals surface area contributed by atoms with Gasteiger partial charge in [0.25, 0.3) is 0 Å². The lowest BCUT2D eigenvalue weighted by Gasteiger charge is -2.08. The summed E-state index contributed by atoms with van der Waals surface area (Å²) in [4.78, 5) is 15.8. The Morgan fingerprint density at radius 2 is 2.03 bits per heavy atom. The lowest BCUT2D eigenvalue weighted by molar-refractivity contribution is -0.142. The number of methoxy groups -OCH3 is 1. The van der Waals surface area contributed by atoms with Crippen LogP contribution in [0.1, 0.15) is 23.7 Å². The molecule has 0 fully saturated rings. The van der Waals surface area contributed by atoms with Crippen molar-refractivity contribution in [2.24, 2.45) is 5.10 Å². The van der Waals surface area contributed by atoms with Crippen molar-refractivity contribution < 1.29 is 19.0 Å². The van der Waals surface area contributed by atoms with E-state index in [0.717, 1.165) is 22.6 Å². The van der Waals surface area contributed by atoms with Gasteiger partial charge in [0.15, 0.2) is 0 Å². The van der Waals surface area contributed by atoms with E-state index in [9.17, 15) is 4.79 Å². The number of anilines is 1. The van der Waals surface area contributed by atoms with E-state index in [4.69, 9.17) is 14.2 Å². The Morgan fingerprint density at radius 1 is 1.20 bits per heavy atom. The van der Waals surface area contributed by atoms with Gasteiger partial charge in [-0.2, -0.15) is 5.10 Å². The molecule has 0 aliphatic heterocycles. The summed E-state index contributed by atoms with van der Waals surface area (Å²) in [7, 11) is 1.64. The van der Waals surface area contributed by atoms with Crippen molar-refractivity contribution in [1.29, 1.82) is 0 Å². The van der Waals surface area contributed by atoms with Gasteiger partial charge in [0.05, 0.1) is 32.0 Å². The normalized spacial score (nSPS) is 10.7. The van der Waals surface area contributed by atoms with Crippen LogP contribution in [0.3, 0.4) is 0 Å². The standard InChI is InChI=1S/C22H23N3O4S/c1-3-28-21(26)12-18-15-30-22(24-18)25-23-13-16-6-4-9-20(10-16)29-14-17-7-5-8-19(11-17)27-2/h4-11,13,15H,3,12,14H2,1-2H3,(H,24,25). The molecule has 0 spiro atoms. The molecule has 0 saturated carbocycles. The fourth-order valence-corrected chi connectivity index (χ4v) is 3.23. The summed E-state index contributed by atoms with van der Waals surface area (Å²) in [5.41, 5.74) is 5.44. The average molecular weight is 426 g/mol. The molecular weight excluding hydrogens is 402 g/mol. The predicted octanol–water partition coefficient (Wildman–Crippen LogP) is 4.28. The number of nitrogens with zero attached hydrogens (tertiary/aromatic N) is 2. The quantitative estimate of drug-likeness (QED) is 0.297. The van der Waals surface area contributed by atoms with Gasteiger partial charge in [0.1, 0.15) is 18.1 Å². The van der Waals surface area contributed by atoms with Gasteiger partial charge in [-0.1, -0.05) is 24.3 Å². The number of rotatable bonds is 10. The fourth-order valence-electron chi connectivity index (χ4n) is 2.57. The summed E-state index contributed by atoms with van der Waals surface area (Å²) in [6, 6.07) is 15.4. The van der Waals surface area contributed by atoms with Crippen molar-refractivity contribution in [2.75, 3.05) is 19.1 Å². The average Bonchev–Trinajstić information content (AvgIpc) is 3.20. The minimum atomic E-state index is -0.288. The first-order valence-electron chi connectivity index (χ1n) is 9.41. The van der Waals surface area contributed by atoms with Crippen LogP contribution < -0.4 is 14.9 Å². The van der Waals surface area contributed by atoms with Gasteiger partial charge in [-0.05, 0) is 42.3 Å². The second-order valence-corrected chi connectivity index (χ2v) is 7.07. The van der Waals surface area contributed by atoms with Crippen LogP contribution in [0.2, 0.25) is 0 Å². The molecule has 156 valence electrons. The number of esters is 1. The maximum absolute atomic E-state index is 11.5. The van der Waals surface area contributed by atoms with Crippen molar-refractivity contribution in [3.63, 3.8) is 0 Å². The molecule has 1 heterocycles. The monoisotopic (exact) mass is 425 g/mol. The van der Waals surface area contributed by atoms with Crippen LogP contribution in [0.25, 0.3) is 0 Å². The summed E-state index contributed by atoms with van der Waals surface area (Å²) >= 11 is 1.38. The number of hydrazone groups is 1. The van der Waals surface area contributed by atoms with Crippen LogP contribution in [0.4, 0.5) is 5.13 Å². The van der Waals surface area contributed by atoms with Gasteiger partial charge in [-0.15, -0.1) is 11.3 Å². The van der Waals surface area contributed by atoms with Crippen LogP contribution in [-0.2, 0) is 22.6 Å².